The molecule has 132 valence electrons. The summed E-state index contributed by atoms with van der Waals surface area (Å²) in [4.78, 5) is 26.0. The molecule has 1 saturated heterocycles. The van der Waals surface area contributed by atoms with Gasteiger partial charge in [0.25, 0.3) is 5.91 Å². The Morgan fingerprint density at radius 2 is 2.12 bits per heavy atom. The van der Waals surface area contributed by atoms with Crippen LogP contribution >= 0.6 is 0 Å². The first-order valence-corrected chi connectivity index (χ1v) is 8.66. The monoisotopic (exact) mass is 333 g/mol. The number of likely N-dealkylation sites (N-methyl/N-ethyl adjacent to an activating group) is 1. The minimum atomic E-state index is -0.0391. The number of benzene rings is 1. The first-order valence-electron chi connectivity index (χ1n) is 8.66. The summed E-state index contributed by atoms with van der Waals surface area (Å²) in [5.74, 6) is 0.573. The summed E-state index contributed by atoms with van der Waals surface area (Å²) in [5.41, 5.74) is 0.693. The van der Waals surface area contributed by atoms with E-state index < -0.39 is 0 Å². The number of anilines is 1. The lowest BCUT2D eigenvalue weighted by Crippen LogP contribution is -2.37. The van der Waals surface area contributed by atoms with Crippen LogP contribution in [0, 0.1) is 5.92 Å². The summed E-state index contributed by atoms with van der Waals surface area (Å²) in [6, 6.07) is 7.18. The van der Waals surface area contributed by atoms with Gasteiger partial charge in [-0.2, -0.15) is 0 Å². The molecule has 1 aromatic rings. The summed E-state index contributed by atoms with van der Waals surface area (Å²) in [5, 5.41) is 6.17. The summed E-state index contributed by atoms with van der Waals surface area (Å²) in [6.07, 6.45) is 1.93. The molecule has 1 atom stereocenters. The number of piperidine rings is 1. The van der Waals surface area contributed by atoms with Gasteiger partial charge in [-0.15, -0.1) is 0 Å². The Bertz CT molecular complexity index is 552. The normalized spacial score (nSPS) is 17.2. The van der Waals surface area contributed by atoms with Crippen LogP contribution in [0.25, 0.3) is 0 Å². The number of hydrogen-bond donors (Lipinski definition) is 2. The predicted octanol–water partition coefficient (Wildman–Crippen LogP) is 1.87. The average molecular weight is 333 g/mol. The fraction of sp³-hybridized carbons (Fsp3) is 0.556. The quantitative estimate of drug-likeness (QED) is 0.799. The fourth-order valence-corrected chi connectivity index (χ4v) is 2.80. The molecule has 2 rings (SSSR count). The molecular weight excluding hydrogens is 306 g/mol. The SMILES string of the molecule is CCN(CC)C(=O)COc1cccc(NC(=O)C2CCCNC2)c1. The molecule has 0 spiro atoms. The highest BCUT2D eigenvalue weighted by molar-refractivity contribution is 5.93. The summed E-state index contributed by atoms with van der Waals surface area (Å²) < 4.78 is 5.57. The van der Waals surface area contributed by atoms with Crippen molar-refractivity contribution in [2.24, 2.45) is 5.92 Å². The van der Waals surface area contributed by atoms with Crippen LogP contribution in [0.1, 0.15) is 26.7 Å². The van der Waals surface area contributed by atoms with Gasteiger partial charge in [0.1, 0.15) is 5.75 Å². The molecule has 0 radical (unpaired) electrons. The highest BCUT2D eigenvalue weighted by atomic mass is 16.5. The maximum absolute atomic E-state index is 12.3. The Morgan fingerprint density at radius 1 is 1.33 bits per heavy atom. The van der Waals surface area contributed by atoms with E-state index in [1.165, 1.54) is 0 Å². The lowest BCUT2D eigenvalue weighted by molar-refractivity contribution is -0.133. The van der Waals surface area contributed by atoms with Crippen LogP contribution in [0.15, 0.2) is 24.3 Å². The van der Waals surface area contributed by atoms with E-state index in [0.717, 1.165) is 25.9 Å². The largest absolute Gasteiger partial charge is 0.484 e. The van der Waals surface area contributed by atoms with Gasteiger partial charge in [-0.3, -0.25) is 9.59 Å². The van der Waals surface area contributed by atoms with Crippen molar-refractivity contribution in [3.05, 3.63) is 24.3 Å². The third-order valence-electron chi connectivity index (χ3n) is 4.25. The molecule has 1 aliphatic heterocycles. The van der Waals surface area contributed by atoms with Crippen molar-refractivity contribution < 1.29 is 14.3 Å². The zero-order chi connectivity index (χ0) is 17.4. The van der Waals surface area contributed by atoms with Gasteiger partial charge in [0.05, 0.1) is 5.92 Å². The molecule has 6 nitrogen and oxygen atoms in total. The molecule has 0 aliphatic carbocycles. The lowest BCUT2D eigenvalue weighted by Gasteiger charge is -2.22. The number of hydrogen-bond acceptors (Lipinski definition) is 4. The fourth-order valence-electron chi connectivity index (χ4n) is 2.80. The second-order valence-electron chi connectivity index (χ2n) is 5.92. The Morgan fingerprint density at radius 3 is 2.79 bits per heavy atom. The van der Waals surface area contributed by atoms with Crippen LogP contribution in [0.3, 0.4) is 0 Å². The van der Waals surface area contributed by atoms with E-state index in [9.17, 15) is 9.59 Å². The van der Waals surface area contributed by atoms with E-state index >= 15 is 0 Å². The van der Waals surface area contributed by atoms with E-state index in [4.69, 9.17) is 4.74 Å². The third-order valence-corrected chi connectivity index (χ3v) is 4.25. The van der Waals surface area contributed by atoms with Crippen molar-refractivity contribution in [3.8, 4) is 5.75 Å². The maximum Gasteiger partial charge on any atom is 0.260 e. The molecule has 1 fully saturated rings. The molecular formula is C18H27N3O3. The van der Waals surface area contributed by atoms with Gasteiger partial charge in [0, 0.05) is 31.4 Å². The third kappa shape index (κ3) is 5.23. The van der Waals surface area contributed by atoms with Gasteiger partial charge in [0.15, 0.2) is 6.61 Å². The van der Waals surface area contributed by atoms with E-state index in [1.807, 2.05) is 26.0 Å². The van der Waals surface area contributed by atoms with E-state index in [1.54, 1.807) is 17.0 Å². The molecule has 1 unspecified atom stereocenters. The number of nitrogens with one attached hydrogen (secondary N) is 2. The number of rotatable bonds is 7. The van der Waals surface area contributed by atoms with Crippen LogP contribution < -0.4 is 15.4 Å². The maximum atomic E-state index is 12.3. The van der Waals surface area contributed by atoms with Crippen molar-refractivity contribution in [1.29, 1.82) is 0 Å². The molecule has 1 aromatic carbocycles. The highest BCUT2D eigenvalue weighted by Crippen LogP contribution is 2.19. The highest BCUT2D eigenvalue weighted by Gasteiger charge is 2.20. The van der Waals surface area contributed by atoms with Gasteiger partial charge in [-0.05, 0) is 45.4 Å². The second kappa shape index (κ2) is 9.27. The Balaban J connectivity index is 1.88. The van der Waals surface area contributed by atoms with Crippen molar-refractivity contribution in [1.82, 2.24) is 10.2 Å². The van der Waals surface area contributed by atoms with E-state index in [0.29, 0.717) is 24.5 Å². The molecule has 1 aliphatic rings. The van der Waals surface area contributed by atoms with Gasteiger partial charge in [0.2, 0.25) is 5.91 Å². The number of nitrogens with zero attached hydrogens (tertiary/aromatic N) is 1. The second-order valence-corrected chi connectivity index (χ2v) is 5.92. The first-order chi connectivity index (χ1) is 11.6. The van der Waals surface area contributed by atoms with Crippen LogP contribution in [0.2, 0.25) is 0 Å². The predicted molar refractivity (Wildman–Crippen MR) is 94.1 cm³/mol. The Kier molecular flexibility index (Phi) is 7.06. The van der Waals surface area contributed by atoms with Crippen molar-refractivity contribution in [2.75, 3.05) is 38.1 Å². The molecule has 1 heterocycles. The van der Waals surface area contributed by atoms with Gasteiger partial charge in [-0.25, -0.2) is 0 Å². The minimum Gasteiger partial charge on any atom is -0.484 e. The molecule has 6 heteroatoms. The number of carbonyl (C=O) groups excluding carboxylic acids is 2. The standard InChI is InChI=1S/C18H27N3O3/c1-3-21(4-2)17(22)13-24-16-9-5-8-15(11-16)20-18(23)14-7-6-10-19-12-14/h5,8-9,11,14,19H,3-4,6-7,10,12-13H2,1-2H3,(H,20,23). The van der Waals surface area contributed by atoms with Crippen LogP contribution in [-0.4, -0.2) is 49.5 Å². The van der Waals surface area contributed by atoms with Gasteiger partial charge < -0.3 is 20.3 Å². The number of ether oxygens (including phenoxy) is 1. The van der Waals surface area contributed by atoms with Crippen molar-refractivity contribution in [3.63, 3.8) is 0 Å². The van der Waals surface area contributed by atoms with Crippen LogP contribution in [0.5, 0.6) is 5.75 Å². The van der Waals surface area contributed by atoms with Crippen molar-refractivity contribution >= 4 is 17.5 Å². The summed E-state index contributed by atoms with van der Waals surface area (Å²) in [7, 11) is 0. The Hall–Kier alpha value is -2.08. The molecule has 2 amide bonds. The average Bonchev–Trinajstić information content (AvgIpc) is 2.62. The molecule has 0 aromatic heterocycles. The topological polar surface area (TPSA) is 70.7 Å². The van der Waals surface area contributed by atoms with E-state index in [2.05, 4.69) is 10.6 Å². The molecule has 0 saturated carbocycles. The van der Waals surface area contributed by atoms with E-state index in [-0.39, 0.29) is 24.3 Å². The zero-order valence-corrected chi connectivity index (χ0v) is 14.5. The molecule has 2 N–H and O–H groups in total. The number of amides is 2. The first kappa shape index (κ1) is 18.3. The minimum absolute atomic E-state index is 0.00558. The summed E-state index contributed by atoms with van der Waals surface area (Å²) in [6.45, 7) is 6.93. The van der Waals surface area contributed by atoms with Crippen LogP contribution in [-0.2, 0) is 9.59 Å². The smallest absolute Gasteiger partial charge is 0.260 e. The van der Waals surface area contributed by atoms with Crippen LogP contribution in [0.4, 0.5) is 5.69 Å². The lowest BCUT2D eigenvalue weighted by atomic mass is 9.99. The Labute approximate surface area is 143 Å². The number of carbonyl (C=O) groups is 2. The molecule has 24 heavy (non-hydrogen) atoms. The van der Waals surface area contributed by atoms with Gasteiger partial charge in [-0.1, -0.05) is 6.07 Å². The molecule has 0 bridgehead atoms. The zero-order valence-electron chi connectivity index (χ0n) is 14.5. The van der Waals surface area contributed by atoms with Crippen molar-refractivity contribution in [2.45, 2.75) is 26.7 Å². The van der Waals surface area contributed by atoms with Gasteiger partial charge >= 0.3 is 0 Å². The summed E-state index contributed by atoms with van der Waals surface area (Å²) >= 11 is 0.